The highest BCUT2D eigenvalue weighted by Crippen LogP contribution is 2.24. The van der Waals surface area contributed by atoms with Gasteiger partial charge in [0.05, 0.1) is 6.10 Å². The summed E-state index contributed by atoms with van der Waals surface area (Å²) in [6.45, 7) is 7.43. The topological polar surface area (TPSA) is 21.3 Å². The summed E-state index contributed by atoms with van der Waals surface area (Å²) in [6, 6.07) is 1.44. The Morgan fingerprint density at radius 3 is 2.31 bits per heavy atom. The summed E-state index contributed by atoms with van der Waals surface area (Å²) in [4.78, 5) is 0. The Labute approximate surface area is 82.0 Å². The number of nitrogens with one attached hydrogen (secondary N) is 1. The van der Waals surface area contributed by atoms with E-state index in [0.717, 1.165) is 12.6 Å². The second-order valence-electron chi connectivity index (χ2n) is 3.93. The average molecular weight is 185 g/mol. The fourth-order valence-corrected chi connectivity index (χ4v) is 1.93. The molecule has 1 fully saturated rings. The predicted molar refractivity (Wildman–Crippen MR) is 55.9 cm³/mol. The first-order valence-corrected chi connectivity index (χ1v) is 5.67. The van der Waals surface area contributed by atoms with Crippen LogP contribution >= 0.6 is 0 Å². The van der Waals surface area contributed by atoms with Gasteiger partial charge in [-0.2, -0.15) is 0 Å². The van der Waals surface area contributed by atoms with Crippen LogP contribution in [0.2, 0.25) is 0 Å². The lowest BCUT2D eigenvalue weighted by atomic mass is 9.88. The van der Waals surface area contributed by atoms with Gasteiger partial charge in [0.1, 0.15) is 0 Å². The van der Waals surface area contributed by atoms with Crippen molar-refractivity contribution in [3.8, 4) is 0 Å². The maximum atomic E-state index is 5.52. The van der Waals surface area contributed by atoms with Crippen molar-refractivity contribution in [1.82, 2.24) is 5.32 Å². The first-order chi connectivity index (χ1) is 6.30. The van der Waals surface area contributed by atoms with Crippen LogP contribution in [0.4, 0.5) is 0 Å². The fourth-order valence-electron chi connectivity index (χ4n) is 1.93. The van der Waals surface area contributed by atoms with Gasteiger partial charge in [-0.25, -0.2) is 0 Å². The molecule has 0 atom stereocenters. The van der Waals surface area contributed by atoms with Gasteiger partial charge in [0.25, 0.3) is 0 Å². The van der Waals surface area contributed by atoms with Gasteiger partial charge >= 0.3 is 0 Å². The van der Waals surface area contributed by atoms with Crippen LogP contribution in [0.5, 0.6) is 0 Å². The summed E-state index contributed by atoms with van der Waals surface area (Å²) < 4.78 is 5.52. The second-order valence-corrected chi connectivity index (χ2v) is 3.93. The van der Waals surface area contributed by atoms with Crippen molar-refractivity contribution < 1.29 is 4.74 Å². The maximum Gasteiger partial charge on any atom is 0.0604 e. The van der Waals surface area contributed by atoms with Crippen molar-refractivity contribution in [2.75, 3.05) is 6.61 Å². The van der Waals surface area contributed by atoms with Gasteiger partial charge in [-0.15, -0.1) is 0 Å². The van der Waals surface area contributed by atoms with E-state index in [1.54, 1.807) is 0 Å². The molecule has 0 aliphatic heterocycles. The standard InChI is InChI=1S/C11H23NO/c1-4-9(5-2)12-10-7-11(8-10)13-6-3/h9-12H,4-8H2,1-3H3. The van der Waals surface area contributed by atoms with Crippen LogP contribution in [-0.2, 0) is 4.74 Å². The number of hydrogen-bond acceptors (Lipinski definition) is 2. The van der Waals surface area contributed by atoms with Gasteiger partial charge in [0.2, 0.25) is 0 Å². The average Bonchev–Trinajstić information content (AvgIpc) is 2.09. The van der Waals surface area contributed by atoms with Crippen LogP contribution in [0.15, 0.2) is 0 Å². The molecule has 0 amide bonds. The van der Waals surface area contributed by atoms with Crippen molar-refractivity contribution in [2.45, 2.75) is 64.6 Å². The molecule has 0 aromatic heterocycles. The van der Waals surface area contributed by atoms with Crippen molar-refractivity contribution in [3.63, 3.8) is 0 Å². The van der Waals surface area contributed by atoms with Crippen LogP contribution in [0.25, 0.3) is 0 Å². The highest BCUT2D eigenvalue weighted by Gasteiger charge is 2.30. The summed E-state index contributed by atoms with van der Waals surface area (Å²) in [5, 5.41) is 3.66. The van der Waals surface area contributed by atoms with Crippen molar-refractivity contribution in [1.29, 1.82) is 0 Å². The molecule has 1 aliphatic carbocycles. The third-order valence-corrected chi connectivity index (χ3v) is 2.95. The number of rotatable bonds is 6. The van der Waals surface area contributed by atoms with E-state index in [-0.39, 0.29) is 0 Å². The van der Waals surface area contributed by atoms with E-state index in [4.69, 9.17) is 4.74 Å². The molecule has 0 bridgehead atoms. The SMILES string of the molecule is CCOC1CC(NC(CC)CC)C1. The van der Waals surface area contributed by atoms with Gasteiger partial charge in [-0.1, -0.05) is 13.8 Å². The Hall–Kier alpha value is -0.0800. The maximum absolute atomic E-state index is 5.52. The molecular formula is C11H23NO. The van der Waals surface area contributed by atoms with E-state index in [1.807, 2.05) is 0 Å². The molecule has 1 aliphatic rings. The van der Waals surface area contributed by atoms with Crippen LogP contribution in [0, 0.1) is 0 Å². The van der Waals surface area contributed by atoms with E-state index in [9.17, 15) is 0 Å². The molecule has 0 saturated heterocycles. The molecule has 0 aromatic rings. The van der Waals surface area contributed by atoms with Gasteiger partial charge in [0.15, 0.2) is 0 Å². The molecular weight excluding hydrogens is 162 g/mol. The molecule has 0 unspecified atom stereocenters. The third kappa shape index (κ3) is 3.28. The molecule has 1 N–H and O–H groups in total. The van der Waals surface area contributed by atoms with Crippen LogP contribution in [-0.4, -0.2) is 24.8 Å². The molecule has 0 aromatic carbocycles. The summed E-state index contributed by atoms with van der Waals surface area (Å²) in [6.07, 6.45) is 5.45. The van der Waals surface area contributed by atoms with Gasteiger partial charge < -0.3 is 10.1 Å². The largest absolute Gasteiger partial charge is 0.378 e. The third-order valence-electron chi connectivity index (χ3n) is 2.95. The minimum atomic E-state index is 0.539. The molecule has 2 nitrogen and oxygen atoms in total. The second kappa shape index (κ2) is 5.61. The summed E-state index contributed by atoms with van der Waals surface area (Å²) in [5.41, 5.74) is 0. The lowest BCUT2D eigenvalue weighted by molar-refractivity contribution is -0.0126. The Kier molecular flexibility index (Phi) is 4.74. The Balaban J connectivity index is 2.06. The molecule has 13 heavy (non-hydrogen) atoms. The normalized spacial score (nSPS) is 27.7. The zero-order valence-electron chi connectivity index (χ0n) is 9.18. The van der Waals surface area contributed by atoms with Crippen molar-refractivity contribution >= 4 is 0 Å². The first kappa shape index (κ1) is 11.0. The summed E-state index contributed by atoms with van der Waals surface area (Å²) >= 11 is 0. The molecule has 2 heteroatoms. The highest BCUT2D eigenvalue weighted by atomic mass is 16.5. The van der Waals surface area contributed by atoms with Crippen LogP contribution in [0.3, 0.4) is 0 Å². The quantitative estimate of drug-likeness (QED) is 0.685. The van der Waals surface area contributed by atoms with E-state index in [2.05, 4.69) is 26.1 Å². The monoisotopic (exact) mass is 185 g/mol. The van der Waals surface area contributed by atoms with Crippen LogP contribution in [0.1, 0.15) is 46.5 Å². The summed E-state index contributed by atoms with van der Waals surface area (Å²) in [5.74, 6) is 0. The Morgan fingerprint density at radius 1 is 1.23 bits per heavy atom. The zero-order valence-corrected chi connectivity index (χ0v) is 9.18. The van der Waals surface area contributed by atoms with Crippen LogP contribution < -0.4 is 5.32 Å². The highest BCUT2D eigenvalue weighted by molar-refractivity contribution is 4.87. The van der Waals surface area contributed by atoms with Gasteiger partial charge in [0, 0.05) is 18.7 Å². The van der Waals surface area contributed by atoms with E-state index in [1.165, 1.54) is 25.7 Å². The smallest absolute Gasteiger partial charge is 0.0604 e. The first-order valence-electron chi connectivity index (χ1n) is 5.67. The summed E-state index contributed by atoms with van der Waals surface area (Å²) in [7, 11) is 0. The van der Waals surface area contributed by atoms with Gasteiger partial charge in [-0.3, -0.25) is 0 Å². The van der Waals surface area contributed by atoms with E-state index < -0.39 is 0 Å². The van der Waals surface area contributed by atoms with Crippen molar-refractivity contribution in [3.05, 3.63) is 0 Å². The minimum absolute atomic E-state index is 0.539. The predicted octanol–water partition coefficient (Wildman–Crippen LogP) is 2.33. The Bertz CT molecular complexity index is 128. The lowest BCUT2D eigenvalue weighted by Gasteiger charge is -2.37. The molecule has 1 rings (SSSR count). The van der Waals surface area contributed by atoms with Crippen molar-refractivity contribution in [2.24, 2.45) is 0 Å². The van der Waals surface area contributed by atoms with Gasteiger partial charge in [-0.05, 0) is 32.6 Å². The molecule has 0 spiro atoms. The lowest BCUT2D eigenvalue weighted by Crippen LogP contribution is -2.49. The molecule has 1 saturated carbocycles. The number of hydrogen-bond donors (Lipinski definition) is 1. The number of ether oxygens (including phenoxy) is 1. The Morgan fingerprint density at radius 2 is 1.85 bits per heavy atom. The fraction of sp³-hybridized carbons (Fsp3) is 1.00. The molecule has 78 valence electrons. The van der Waals surface area contributed by atoms with E-state index in [0.29, 0.717) is 12.1 Å². The molecule has 0 heterocycles. The minimum Gasteiger partial charge on any atom is -0.378 e. The zero-order chi connectivity index (χ0) is 9.68. The van der Waals surface area contributed by atoms with E-state index >= 15 is 0 Å². The molecule has 0 radical (unpaired) electrons.